The predicted molar refractivity (Wildman–Crippen MR) is 85.6 cm³/mol. The summed E-state index contributed by atoms with van der Waals surface area (Å²) in [5.41, 5.74) is -2.74. The maximum absolute atomic E-state index is 10.3. The molecular weight excluding hydrogens is 332 g/mol. The molecule has 0 unspecified atom stereocenters. The maximum Gasteiger partial charge on any atom is 0.336 e. The highest BCUT2D eigenvalue weighted by atomic mass is 16.4. The zero-order valence-electron chi connectivity index (χ0n) is 13.1. The minimum atomic E-state index is -2.74. The lowest BCUT2D eigenvalue weighted by atomic mass is 9.96. The number of aromatic nitrogens is 2. The third kappa shape index (κ3) is 11.8. The van der Waals surface area contributed by atoms with Crippen LogP contribution in [-0.2, 0) is 14.4 Å². The Hall–Kier alpha value is -3.33. The Morgan fingerprint density at radius 3 is 1.12 bits per heavy atom. The number of pyridine rings is 2. The molecule has 0 aliphatic rings. The quantitative estimate of drug-likeness (QED) is 0.615. The van der Waals surface area contributed by atoms with Crippen molar-refractivity contribution in [3.8, 4) is 0 Å². The zero-order valence-corrected chi connectivity index (χ0v) is 13.1. The Morgan fingerprint density at radius 2 is 1.00 bits per heavy atom. The second-order valence-corrected chi connectivity index (χ2v) is 4.53. The summed E-state index contributed by atoms with van der Waals surface area (Å²) in [5, 5.41) is 33.8. The fraction of sp³-hybridized carbons (Fsp3) is 0.188. The first-order valence-corrected chi connectivity index (χ1v) is 6.87. The molecule has 0 aliphatic heterocycles. The second-order valence-electron chi connectivity index (χ2n) is 4.53. The molecule has 0 spiro atoms. The first kappa shape index (κ1) is 21.7. The summed E-state index contributed by atoms with van der Waals surface area (Å²) >= 11 is 0. The maximum atomic E-state index is 10.3. The second kappa shape index (κ2) is 12.1. The highest BCUT2D eigenvalue weighted by Gasteiger charge is 2.40. The molecule has 4 N–H and O–H groups in total. The van der Waals surface area contributed by atoms with Gasteiger partial charge in [0.25, 0.3) is 0 Å². The molecule has 0 aliphatic carbocycles. The summed E-state index contributed by atoms with van der Waals surface area (Å²) in [6.45, 7) is 0. The van der Waals surface area contributed by atoms with Crippen molar-refractivity contribution in [1.29, 1.82) is 0 Å². The van der Waals surface area contributed by atoms with E-state index in [1.54, 1.807) is 24.8 Å². The van der Waals surface area contributed by atoms with Crippen LogP contribution in [0.25, 0.3) is 0 Å². The van der Waals surface area contributed by atoms with Gasteiger partial charge in [0.15, 0.2) is 5.60 Å². The Kier molecular flexibility index (Phi) is 10.5. The van der Waals surface area contributed by atoms with Crippen LogP contribution in [0.3, 0.4) is 0 Å². The Bertz CT molecular complexity index is 535. The third-order valence-electron chi connectivity index (χ3n) is 2.42. The van der Waals surface area contributed by atoms with Crippen LogP contribution >= 0.6 is 0 Å². The van der Waals surface area contributed by atoms with E-state index in [1.807, 2.05) is 36.4 Å². The molecule has 2 rings (SSSR count). The van der Waals surface area contributed by atoms with Crippen LogP contribution in [0.4, 0.5) is 0 Å². The lowest BCUT2D eigenvalue weighted by molar-refractivity contribution is -0.170. The molecule has 0 bridgehead atoms. The van der Waals surface area contributed by atoms with Crippen molar-refractivity contribution in [2.45, 2.75) is 18.4 Å². The van der Waals surface area contributed by atoms with Gasteiger partial charge in [0.05, 0.1) is 12.8 Å². The van der Waals surface area contributed by atoms with Gasteiger partial charge in [-0.2, -0.15) is 0 Å². The molecule has 0 radical (unpaired) electrons. The van der Waals surface area contributed by atoms with Crippen molar-refractivity contribution < 1.29 is 34.8 Å². The number of hydrogen-bond acceptors (Lipinski definition) is 6. The number of nitrogens with zero attached hydrogens (tertiary/aromatic N) is 2. The number of carbonyl (C=O) groups is 3. The third-order valence-corrected chi connectivity index (χ3v) is 2.42. The molecule has 9 nitrogen and oxygen atoms in total. The van der Waals surface area contributed by atoms with E-state index in [0.29, 0.717) is 0 Å². The van der Waals surface area contributed by atoms with Crippen LogP contribution in [0.1, 0.15) is 12.8 Å². The van der Waals surface area contributed by atoms with E-state index in [1.165, 1.54) is 0 Å². The Labute approximate surface area is 143 Å². The standard InChI is InChI=1S/C6H8O7.2C5H5N/c7-3(8)1-6(13,5(11)12)2-4(9)10;2*1-2-4-6-5-3-1/h13H,1-2H2,(H,7,8)(H,9,10)(H,11,12);2*1-5H. The van der Waals surface area contributed by atoms with Gasteiger partial charge in [-0.15, -0.1) is 0 Å². The highest BCUT2D eigenvalue weighted by Crippen LogP contribution is 2.15. The van der Waals surface area contributed by atoms with Crippen LogP contribution in [-0.4, -0.2) is 53.9 Å². The van der Waals surface area contributed by atoms with E-state index in [4.69, 9.17) is 20.4 Å². The van der Waals surface area contributed by atoms with Crippen molar-refractivity contribution in [2.75, 3.05) is 0 Å². The molecule has 9 heteroatoms. The van der Waals surface area contributed by atoms with E-state index in [0.717, 1.165) is 0 Å². The minimum absolute atomic E-state index is 1.14. The minimum Gasteiger partial charge on any atom is -0.481 e. The largest absolute Gasteiger partial charge is 0.481 e. The van der Waals surface area contributed by atoms with E-state index in [2.05, 4.69) is 9.97 Å². The normalized spacial score (nSPS) is 9.48. The summed E-state index contributed by atoms with van der Waals surface area (Å²) in [7, 11) is 0. The number of hydrogen-bond donors (Lipinski definition) is 4. The molecule has 0 fully saturated rings. The van der Waals surface area contributed by atoms with Gasteiger partial charge in [-0.3, -0.25) is 19.6 Å². The summed E-state index contributed by atoms with van der Waals surface area (Å²) < 4.78 is 0. The van der Waals surface area contributed by atoms with Gasteiger partial charge in [0, 0.05) is 24.8 Å². The molecule has 2 heterocycles. The molecular formula is C16H18N2O7. The fourth-order valence-corrected chi connectivity index (χ4v) is 1.34. The predicted octanol–water partition coefficient (Wildman–Crippen LogP) is 0.915. The van der Waals surface area contributed by atoms with Crippen LogP contribution in [0.5, 0.6) is 0 Å². The molecule has 134 valence electrons. The Morgan fingerprint density at radius 1 is 0.680 bits per heavy atom. The van der Waals surface area contributed by atoms with Gasteiger partial charge in [0.2, 0.25) is 0 Å². The lowest BCUT2D eigenvalue weighted by Crippen LogP contribution is -2.42. The fourth-order valence-electron chi connectivity index (χ4n) is 1.34. The van der Waals surface area contributed by atoms with Gasteiger partial charge >= 0.3 is 17.9 Å². The summed E-state index contributed by atoms with van der Waals surface area (Å²) in [5.74, 6) is -5.02. The first-order valence-electron chi connectivity index (χ1n) is 6.87. The average molecular weight is 350 g/mol. The number of aliphatic carboxylic acids is 3. The van der Waals surface area contributed by atoms with Crippen molar-refractivity contribution in [1.82, 2.24) is 9.97 Å². The molecule has 2 aromatic rings. The van der Waals surface area contributed by atoms with Crippen molar-refractivity contribution in [2.24, 2.45) is 0 Å². The van der Waals surface area contributed by atoms with Crippen molar-refractivity contribution >= 4 is 17.9 Å². The summed E-state index contributed by atoms with van der Waals surface area (Å²) in [4.78, 5) is 38.1. The van der Waals surface area contributed by atoms with E-state index in [9.17, 15) is 14.4 Å². The van der Waals surface area contributed by atoms with Crippen LogP contribution in [0, 0.1) is 0 Å². The lowest BCUT2D eigenvalue weighted by Gasteiger charge is -2.18. The Balaban J connectivity index is 0.000000392. The SMILES string of the molecule is O=C(O)CC(O)(CC(=O)O)C(=O)O.c1ccncc1.c1ccncc1. The van der Waals surface area contributed by atoms with Gasteiger partial charge in [-0.05, 0) is 24.3 Å². The van der Waals surface area contributed by atoms with Gasteiger partial charge < -0.3 is 20.4 Å². The van der Waals surface area contributed by atoms with Crippen molar-refractivity contribution in [3.63, 3.8) is 0 Å². The number of rotatable bonds is 5. The number of carboxylic acids is 3. The highest BCUT2D eigenvalue weighted by molar-refractivity contribution is 5.88. The monoisotopic (exact) mass is 350 g/mol. The molecule has 0 atom stereocenters. The summed E-state index contributed by atoms with van der Waals surface area (Å²) in [6, 6.07) is 11.4. The molecule has 0 amide bonds. The van der Waals surface area contributed by atoms with Gasteiger partial charge in [0.1, 0.15) is 0 Å². The average Bonchev–Trinajstić information content (AvgIpc) is 2.57. The molecule has 2 aromatic heterocycles. The first-order chi connectivity index (χ1) is 11.8. The number of aliphatic hydroxyl groups is 1. The summed E-state index contributed by atoms with van der Waals surface area (Å²) in [6.07, 6.45) is 4.71. The molecule has 0 saturated heterocycles. The van der Waals surface area contributed by atoms with E-state index >= 15 is 0 Å². The van der Waals surface area contributed by atoms with Crippen molar-refractivity contribution in [3.05, 3.63) is 61.2 Å². The smallest absolute Gasteiger partial charge is 0.336 e. The molecule has 0 saturated carbocycles. The van der Waals surface area contributed by atoms with Gasteiger partial charge in [-0.1, -0.05) is 12.1 Å². The molecule has 25 heavy (non-hydrogen) atoms. The van der Waals surface area contributed by atoms with Crippen LogP contribution < -0.4 is 0 Å². The van der Waals surface area contributed by atoms with Crippen LogP contribution in [0.2, 0.25) is 0 Å². The van der Waals surface area contributed by atoms with Gasteiger partial charge in [-0.25, -0.2) is 4.79 Å². The zero-order chi connectivity index (χ0) is 19.1. The molecule has 0 aromatic carbocycles. The van der Waals surface area contributed by atoms with E-state index in [-0.39, 0.29) is 0 Å². The topological polar surface area (TPSA) is 158 Å². The van der Waals surface area contributed by atoms with E-state index < -0.39 is 36.4 Å². The number of carboxylic acid groups (broad SMARTS) is 3. The van der Waals surface area contributed by atoms with Crippen LogP contribution in [0.15, 0.2) is 61.2 Å².